The molecule has 0 aliphatic carbocycles. The molecule has 5 nitrogen and oxygen atoms in total. The number of aliphatic carboxylic acids is 1. The van der Waals surface area contributed by atoms with Crippen LogP contribution in [0, 0.1) is 0 Å². The van der Waals surface area contributed by atoms with Crippen LogP contribution in [0.2, 0.25) is 0 Å². The summed E-state index contributed by atoms with van der Waals surface area (Å²) >= 11 is 0. The monoisotopic (exact) mass is 297 g/mol. The van der Waals surface area contributed by atoms with Crippen LogP contribution in [0.25, 0.3) is 0 Å². The van der Waals surface area contributed by atoms with Crippen LogP contribution in [0.3, 0.4) is 0 Å². The third kappa shape index (κ3) is 5.52. The molecule has 1 rings (SSSR count). The molecular formula is C14H19NO4S. The summed E-state index contributed by atoms with van der Waals surface area (Å²) in [5.74, 6) is -1.23. The summed E-state index contributed by atoms with van der Waals surface area (Å²) in [5, 5.41) is 11.4. The van der Waals surface area contributed by atoms with Crippen LogP contribution in [0.1, 0.15) is 25.8 Å². The zero-order valence-corrected chi connectivity index (χ0v) is 12.4. The molecular weight excluding hydrogens is 278 g/mol. The van der Waals surface area contributed by atoms with Crippen molar-refractivity contribution in [1.29, 1.82) is 0 Å². The topological polar surface area (TPSA) is 83.5 Å². The first kappa shape index (κ1) is 16.4. The minimum atomic E-state index is -1.41. The summed E-state index contributed by atoms with van der Waals surface area (Å²) in [6.07, 6.45) is 0.754. The standard InChI is InChI=1S/C14H19NO4S/c1-3-10(2)15-13(16)9-20(19)12-6-4-11(5-7-12)8-14(17)18/h4-7,10H,3,8-9H2,1-2H3,(H,15,16)(H,17,18). The van der Waals surface area contributed by atoms with Crippen molar-refractivity contribution in [2.45, 2.75) is 37.6 Å². The predicted octanol–water partition coefficient (Wildman–Crippen LogP) is 1.34. The third-order valence-electron chi connectivity index (χ3n) is 2.82. The molecule has 1 amide bonds. The van der Waals surface area contributed by atoms with Gasteiger partial charge in [-0.05, 0) is 31.0 Å². The summed E-state index contributed by atoms with van der Waals surface area (Å²) < 4.78 is 12.0. The number of nitrogens with one attached hydrogen (secondary N) is 1. The van der Waals surface area contributed by atoms with E-state index < -0.39 is 16.8 Å². The van der Waals surface area contributed by atoms with Crippen molar-refractivity contribution in [1.82, 2.24) is 5.32 Å². The predicted molar refractivity (Wildman–Crippen MR) is 77.0 cm³/mol. The SMILES string of the molecule is CCC(C)NC(=O)CS(=O)c1ccc(CC(=O)O)cc1. The number of hydrogen-bond donors (Lipinski definition) is 2. The summed E-state index contributed by atoms with van der Waals surface area (Å²) in [7, 11) is -1.41. The van der Waals surface area contributed by atoms with Gasteiger partial charge in [0, 0.05) is 10.9 Å². The molecule has 2 N–H and O–H groups in total. The van der Waals surface area contributed by atoms with E-state index in [0.29, 0.717) is 10.5 Å². The number of carbonyl (C=O) groups excluding carboxylic acids is 1. The number of amides is 1. The second kappa shape index (κ2) is 7.79. The van der Waals surface area contributed by atoms with Gasteiger partial charge in [-0.25, -0.2) is 0 Å². The average molecular weight is 297 g/mol. The first-order valence-electron chi connectivity index (χ1n) is 6.40. The number of hydrogen-bond acceptors (Lipinski definition) is 3. The van der Waals surface area contributed by atoms with Crippen molar-refractivity contribution >= 4 is 22.7 Å². The minimum absolute atomic E-state index is 0.0671. The lowest BCUT2D eigenvalue weighted by molar-refractivity contribution is -0.136. The average Bonchev–Trinajstić information content (AvgIpc) is 2.38. The Bertz CT molecular complexity index is 498. The molecule has 1 aromatic carbocycles. The highest BCUT2D eigenvalue weighted by molar-refractivity contribution is 7.85. The zero-order chi connectivity index (χ0) is 15.1. The van der Waals surface area contributed by atoms with Gasteiger partial charge in [-0.3, -0.25) is 13.8 Å². The summed E-state index contributed by atoms with van der Waals surface area (Å²) in [4.78, 5) is 22.7. The first-order valence-corrected chi connectivity index (χ1v) is 7.72. The Kier molecular flexibility index (Phi) is 6.38. The second-order valence-electron chi connectivity index (χ2n) is 4.58. The fraction of sp³-hybridized carbons (Fsp3) is 0.429. The number of carboxylic acid groups (broad SMARTS) is 1. The van der Waals surface area contributed by atoms with Gasteiger partial charge in [0.25, 0.3) is 0 Å². The van der Waals surface area contributed by atoms with Crippen molar-refractivity contribution < 1.29 is 18.9 Å². The molecule has 0 radical (unpaired) electrons. The summed E-state index contributed by atoms with van der Waals surface area (Å²) in [6.45, 7) is 3.85. The van der Waals surface area contributed by atoms with Gasteiger partial charge in [0.1, 0.15) is 5.75 Å². The van der Waals surface area contributed by atoms with E-state index in [1.165, 1.54) is 0 Å². The molecule has 1 aromatic rings. The fourth-order valence-electron chi connectivity index (χ4n) is 1.55. The lowest BCUT2D eigenvalue weighted by atomic mass is 10.2. The second-order valence-corrected chi connectivity index (χ2v) is 6.03. The van der Waals surface area contributed by atoms with Gasteiger partial charge in [-0.15, -0.1) is 0 Å². The maximum absolute atomic E-state index is 12.0. The van der Waals surface area contributed by atoms with E-state index in [1.54, 1.807) is 24.3 Å². The van der Waals surface area contributed by atoms with Crippen LogP contribution < -0.4 is 5.32 Å². The van der Waals surface area contributed by atoms with Gasteiger partial charge in [-0.2, -0.15) is 0 Å². The molecule has 2 unspecified atom stereocenters. The molecule has 110 valence electrons. The Morgan fingerprint density at radius 2 is 1.90 bits per heavy atom. The van der Waals surface area contributed by atoms with Gasteiger partial charge < -0.3 is 10.4 Å². The molecule has 0 heterocycles. The van der Waals surface area contributed by atoms with Gasteiger partial charge in [-0.1, -0.05) is 19.1 Å². The zero-order valence-electron chi connectivity index (χ0n) is 11.6. The van der Waals surface area contributed by atoms with Crippen LogP contribution in [-0.4, -0.2) is 33.0 Å². The van der Waals surface area contributed by atoms with E-state index >= 15 is 0 Å². The molecule has 0 aliphatic rings. The van der Waals surface area contributed by atoms with Crippen molar-refractivity contribution in [2.24, 2.45) is 0 Å². The first-order chi connectivity index (χ1) is 9.42. The molecule has 6 heteroatoms. The van der Waals surface area contributed by atoms with Crippen LogP contribution in [0.5, 0.6) is 0 Å². The number of carboxylic acids is 1. The van der Waals surface area contributed by atoms with E-state index in [-0.39, 0.29) is 24.1 Å². The fourth-order valence-corrected chi connectivity index (χ4v) is 2.48. The highest BCUT2D eigenvalue weighted by Gasteiger charge is 2.12. The van der Waals surface area contributed by atoms with Gasteiger partial charge in [0.05, 0.1) is 17.2 Å². The maximum atomic E-state index is 12.0. The van der Waals surface area contributed by atoms with E-state index in [0.717, 1.165) is 6.42 Å². The van der Waals surface area contributed by atoms with Gasteiger partial charge >= 0.3 is 5.97 Å². The molecule has 0 saturated heterocycles. The van der Waals surface area contributed by atoms with E-state index in [4.69, 9.17) is 5.11 Å². The van der Waals surface area contributed by atoms with Gasteiger partial charge in [0.15, 0.2) is 0 Å². The highest BCUT2D eigenvalue weighted by atomic mass is 32.2. The highest BCUT2D eigenvalue weighted by Crippen LogP contribution is 2.10. The van der Waals surface area contributed by atoms with E-state index in [2.05, 4.69) is 5.32 Å². The van der Waals surface area contributed by atoms with Crippen molar-refractivity contribution in [2.75, 3.05) is 5.75 Å². The third-order valence-corrected chi connectivity index (χ3v) is 4.15. The van der Waals surface area contributed by atoms with Crippen LogP contribution in [0.15, 0.2) is 29.2 Å². The number of carbonyl (C=O) groups is 2. The Morgan fingerprint density at radius 1 is 1.30 bits per heavy atom. The van der Waals surface area contributed by atoms with Gasteiger partial charge in [0.2, 0.25) is 5.91 Å². The van der Waals surface area contributed by atoms with Crippen molar-refractivity contribution in [3.8, 4) is 0 Å². The molecule has 0 bridgehead atoms. The lowest BCUT2D eigenvalue weighted by Gasteiger charge is -2.11. The minimum Gasteiger partial charge on any atom is -0.481 e. The molecule has 20 heavy (non-hydrogen) atoms. The Labute approximate surface area is 120 Å². The van der Waals surface area contributed by atoms with Crippen LogP contribution in [-0.2, 0) is 26.8 Å². The summed E-state index contributed by atoms with van der Waals surface area (Å²) in [5.41, 5.74) is 0.641. The molecule has 0 aromatic heterocycles. The number of rotatable bonds is 7. The molecule has 0 aliphatic heterocycles. The number of benzene rings is 1. The molecule has 0 saturated carbocycles. The smallest absolute Gasteiger partial charge is 0.307 e. The largest absolute Gasteiger partial charge is 0.481 e. The molecule has 2 atom stereocenters. The lowest BCUT2D eigenvalue weighted by Crippen LogP contribution is -2.35. The van der Waals surface area contributed by atoms with Crippen LogP contribution >= 0.6 is 0 Å². The molecule has 0 spiro atoms. The van der Waals surface area contributed by atoms with E-state index in [1.807, 2.05) is 13.8 Å². The quantitative estimate of drug-likeness (QED) is 0.795. The summed E-state index contributed by atoms with van der Waals surface area (Å²) in [6, 6.07) is 6.51. The van der Waals surface area contributed by atoms with Crippen molar-refractivity contribution in [3.05, 3.63) is 29.8 Å². The van der Waals surface area contributed by atoms with Crippen molar-refractivity contribution in [3.63, 3.8) is 0 Å². The Balaban J connectivity index is 2.59. The normalized spacial score (nSPS) is 13.5. The Morgan fingerprint density at radius 3 is 2.40 bits per heavy atom. The Hall–Kier alpha value is -1.69. The molecule has 0 fully saturated rings. The maximum Gasteiger partial charge on any atom is 0.307 e. The van der Waals surface area contributed by atoms with E-state index in [9.17, 15) is 13.8 Å². The van der Waals surface area contributed by atoms with Crippen LogP contribution in [0.4, 0.5) is 0 Å².